The molecule has 160 valence electrons. The molecule has 0 fully saturated rings. The molecule has 0 saturated heterocycles. The van der Waals surface area contributed by atoms with Gasteiger partial charge in [0.1, 0.15) is 6.54 Å². The molecule has 0 bridgehead atoms. The molecule has 3 heteroatoms. The highest BCUT2D eigenvalue weighted by Gasteiger charge is 2.10. The average Bonchev–Trinajstić information content (AvgIpc) is 2.56. The lowest BCUT2D eigenvalue weighted by Gasteiger charge is -2.25. The Labute approximate surface area is 172 Å². The fourth-order valence-electron chi connectivity index (χ4n) is 3.29. The Hall–Kier alpha value is 0.210. The Balaban J connectivity index is 0. The Bertz CT molecular complexity index is 265. The number of likely N-dealkylation sites (N-methyl/N-ethyl adjacent to an activating group) is 1. The second kappa shape index (κ2) is 20.0. The largest absolute Gasteiger partial charge is 1.00 e. The zero-order valence-electron chi connectivity index (χ0n) is 18.8. The standard InChI is InChI=1S/C23H50NO.ClH/c1-6-8-9-10-11-12-13-14-15-16-17-18-19-20-23(7-2)25-22-21-24(3,4)5;/h23H,6-22H2,1-5H3;1H/q+1;/p-1. The van der Waals surface area contributed by atoms with Crippen molar-refractivity contribution >= 4 is 0 Å². The number of hydrogen-bond acceptors (Lipinski definition) is 1. The predicted octanol–water partition coefficient (Wildman–Crippen LogP) is 3.97. The van der Waals surface area contributed by atoms with Gasteiger partial charge >= 0.3 is 0 Å². The van der Waals surface area contributed by atoms with Gasteiger partial charge in [-0.25, -0.2) is 0 Å². The maximum atomic E-state index is 6.06. The maximum Gasteiger partial charge on any atom is 0.102 e. The fraction of sp³-hybridized carbons (Fsp3) is 1.00. The Morgan fingerprint density at radius 2 is 1.08 bits per heavy atom. The van der Waals surface area contributed by atoms with Crippen LogP contribution in [0.3, 0.4) is 0 Å². The van der Waals surface area contributed by atoms with Crippen molar-refractivity contribution in [3.05, 3.63) is 0 Å². The molecule has 0 aliphatic carbocycles. The fourth-order valence-corrected chi connectivity index (χ4v) is 3.29. The topological polar surface area (TPSA) is 9.23 Å². The molecule has 0 amide bonds. The van der Waals surface area contributed by atoms with Crippen LogP contribution < -0.4 is 12.4 Å². The lowest BCUT2D eigenvalue weighted by Crippen LogP contribution is -3.00. The third-order valence-electron chi connectivity index (χ3n) is 5.20. The monoisotopic (exact) mass is 391 g/mol. The third kappa shape index (κ3) is 22.3. The summed E-state index contributed by atoms with van der Waals surface area (Å²) < 4.78 is 7.05. The molecule has 0 spiro atoms. The summed E-state index contributed by atoms with van der Waals surface area (Å²) in [5, 5.41) is 0. The van der Waals surface area contributed by atoms with E-state index in [4.69, 9.17) is 4.74 Å². The molecule has 0 rings (SSSR count). The summed E-state index contributed by atoms with van der Waals surface area (Å²) >= 11 is 0. The molecule has 0 radical (unpaired) electrons. The lowest BCUT2D eigenvalue weighted by molar-refractivity contribution is -0.870. The van der Waals surface area contributed by atoms with Crippen LogP contribution in [-0.4, -0.2) is 44.9 Å². The normalized spacial score (nSPS) is 12.8. The van der Waals surface area contributed by atoms with Crippen molar-refractivity contribution in [1.29, 1.82) is 0 Å². The first-order chi connectivity index (χ1) is 12.0. The Kier molecular flexibility index (Phi) is 21.8. The second-order valence-electron chi connectivity index (χ2n) is 8.95. The van der Waals surface area contributed by atoms with Crippen molar-refractivity contribution < 1.29 is 21.6 Å². The Morgan fingerprint density at radius 1 is 0.654 bits per heavy atom. The van der Waals surface area contributed by atoms with Gasteiger partial charge in [0.15, 0.2) is 0 Å². The molecule has 2 nitrogen and oxygen atoms in total. The smallest absolute Gasteiger partial charge is 0.102 e. The van der Waals surface area contributed by atoms with Gasteiger partial charge in [0, 0.05) is 0 Å². The van der Waals surface area contributed by atoms with Gasteiger partial charge in [0.05, 0.1) is 33.9 Å². The molecule has 0 aromatic carbocycles. The summed E-state index contributed by atoms with van der Waals surface area (Å²) in [4.78, 5) is 0. The van der Waals surface area contributed by atoms with Crippen LogP contribution in [0.2, 0.25) is 0 Å². The van der Waals surface area contributed by atoms with Gasteiger partial charge in [0.2, 0.25) is 0 Å². The van der Waals surface area contributed by atoms with E-state index < -0.39 is 0 Å². The molecule has 26 heavy (non-hydrogen) atoms. The van der Waals surface area contributed by atoms with Gasteiger partial charge in [-0.15, -0.1) is 0 Å². The highest BCUT2D eigenvalue weighted by atomic mass is 35.5. The summed E-state index contributed by atoms with van der Waals surface area (Å²) in [5.41, 5.74) is 0. The van der Waals surface area contributed by atoms with E-state index in [-0.39, 0.29) is 12.4 Å². The zero-order chi connectivity index (χ0) is 18.8. The van der Waals surface area contributed by atoms with E-state index in [9.17, 15) is 0 Å². The molecule has 0 heterocycles. The molecular formula is C23H50ClNO. The third-order valence-corrected chi connectivity index (χ3v) is 5.20. The van der Waals surface area contributed by atoms with Gasteiger partial charge < -0.3 is 21.6 Å². The van der Waals surface area contributed by atoms with E-state index in [0.717, 1.165) is 24.1 Å². The van der Waals surface area contributed by atoms with E-state index >= 15 is 0 Å². The first-order valence-corrected chi connectivity index (χ1v) is 11.4. The average molecular weight is 392 g/mol. The molecule has 0 aromatic heterocycles. The number of ether oxygens (including phenoxy) is 1. The molecular weight excluding hydrogens is 342 g/mol. The minimum atomic E-state index is 0. The van der Waals surface area contributed by atoms with Gasteiger partial charge in [-0.3, -0.25) is 0 Å². The lowest BCUT2D eigenvalue weighted by atomic mass is 10.0. The van der Waals surface area contributed by atoms with E-state index in [0.29, 0.717) is 6.10 Å². The molecule has 1 unspecified atom stereocenters. The van der Waals surface area contributed by atoms with E-state index in [2.05, 4.69) is 35.0 Å². The molecule has 0 N–H and O–H groups in total. The summed E-state index contributed by atoms with van der Waals surface area (Å²) in [6, 6.07) is 0. The van der Waals surface area contributed by atoms with Crippen LogP contribution in [-0.2, 0) is 4.74 Å². The van der Waals surface area contributed by atoms with Crippen molar-refractivity contribution in [2.45, 2.75) is 116 Å². The van der Waals surface area contributed by atoms with Crippen LogP contribution >= 0.6 is 0 Å². The maximum absolute atomic E-state index is 6.06. The quantitative estimate of drug-likeness (QED) is 0.239. The van der Waals surface area contributed by atoms with E-state index in [1.807, 2.05) is 0 Å². The van der Waals surface area contributed by atoms with E-state index in [1.54, 1.807) is 0 Å². The van der Waals surface area contributed by atoms with Crippen molar-refractivity contribution in [2.75, 3.05) is 34.3 Å². The number of quaternary nitrogens is 1. The number of rotatable bonds is 19. The zero-order valence-corrected chi connectivity index (χ0v) is 19.6. The highest BCUT2D eigenvalue weighted by Crippen LogP contribution is 2.15. The van der Waals surface area contributed by atoms with Gasteiger partial charge in [-0.05, 0) is 12.8 Å². The van der Waals surface area contributed by atoms with Crippen LogP contribution in [0.4, 0.5) is 0 Å². The summed E-state index contributed by atoms with van der Waals surface area (Å²) in [5.74, 6) is 0. The van der Waals surface area contributed by atoms with Crippen molar-refractivity contribution in [3.8, 4) is 0 Å². The van der Waals surface area contributed by atoms with E-state index in [1.165, 1.54) is 89.9 Å². The van der Waals surface area contributed by atoms with Gasteiger partial charge in [0.25, 0.3) is 0 Å². The first-order valence-electron chi connectivity index (χ1n) is 11.4. The van der Waals surface area contributed by atoms with Crippen LogP contribution in [0.15, 0.2) is 0 Å². The molecule has 0 saturated carbocycles. The summed E-state index contributed by atoms with van der Waals surface area (Å²) in [6.45, 7) is 6.57. The minimum absolute atomic E-state index is 0. The number of halogens is 1. The summed E-state index contributed by atoms with van der Waals surface area (Å²) in [7, 11) is 6.70. The molecule has 1 atom stereocenters. The van der Waals surface area contributed by atoms with Crippen LogP contribution in [0.25, 0.3) is 0 Å². The SMILES string of the molecule is CCCCCCCCCCCCCCCC(CC)OCC[N+](C)(C)C.[Cl-]. The highest BCUT2D eigenvalue weighted by molar-refractivity contribution is 4.57. The summed E-state index contributed by atoms with van der Waals surface area (Å²) in [6.07, 6.45) is 21.5. The molecule has 0 aliphatic rings. The number of hydrogen-bond donors (Lipinski definition) is 0. The molecule has 0 aromatic rings. The minimum Gasteiger partial charge on any atom is -1.00 e. The van der Waals surface area contributed by atoms with Crippen LogP contribution in [0, 0.1) is 0 Å². The van der Waals surface area contributed by atoms with Crippen LogP contribution in [0.1, 0.15) is 110 Å². The van der Waals surface area contributed by atoms with Gasteiger partial charge in [-0.1, -0.05) is 97.3 Å². The van der Waals surface area contributed by atoms with Gasteiger partial charge in [-0.2, -0.15) is 0 Å². The van der Waals surface area contributed by atoms with Crippen molar-refractivity contribution in [1.82, 2.24) is 0 Å². The predicted molar refractivity (Wildman–Crippen MR) is 113 cm³/mol. The first kappa shape index (κ1) is 28.4. The molecule has 0 aliphatic heterocycles. The van der Waals surface area contributed by atoms with Crippen molar-refractivity contribution in [3.63, 3.8) is 0 Å². The Morgan fingerprint density at radius 3 is 1.46 bits per heavy atom. The van der Waals surface area contributed by atoms with Crippen LogP contribution in [0.5, 0.6) is 0 Å². The number of unbranched alkanes of at least 4 members (excludes halogenated alkanes) is 12. The second-order valence-corrected chi connectivity index (χ2v) is 8.95. The van der Waals surface area contributed by atoms with Crippen molar-refractivity contribution in [2.24, 2.45) is 0 Å². The number of nitrogens with zero attached hydrogens (tertiary/aromatic N) is 1.